The van der Waals surface area contributed by atoms with Gasteiger partial charge in [-0.15, -0.1) is 22.7 Å². The third-order valence-corrected chi connectivity index (χ3v) is 9.11. The standard InChI is InChI=1S/C22H25N3O3S3/c1-2-31(27,28)19-7-5-18(6-8-19)25-11-9-16(10-12-25)23-21(26)14-17-15-30-22(24-17)20-4-3-13-29-20/h3-8,13,15-16H,2,9-12,14H2,1H3,(H,23,26). The van der Waals surface area contributed by atoms with Crippen LogP contribution in [0, 0.1) is 0 Å². The minimum atomic E-state index is -3.18. The van der Waals surface area contributed by atoms with Crippen LogP contribution in [0.4, 0.5) is 5.69 Å². The molecule has 1 saturated heterocycles. The first-order valence-electron chi connectivity index (χ1n) is 10.3. The molecule has 0 bridgehead atoms. The zero-order chi connectivity index (χ0) is 21.8. The molecule has 1 aromatic carbocycles. The topological polar surface area (TPSA) is 79.4 Å². The van der Waals surface area contributed by atoms with Crippen molar-refractivity contribution in [3.63, 3.8) is 0 Å². The number of hydrogen-bond acceptors (Lipinski definition) is 7. The summed E-state index contributed by atoms with van der Waals surface area (Å²) in [6, 6.07) is 11.3. The Balaban J connectivity index is 1.27. The van der Waals surface area contributed by atoms with E-state index in [1.165, 1.54) is 0 Å². The van der Waals surface area contributed by atoms with E-state index >= 15 is 0 Å². The van der Waals surface area contributed by atoms with Crippen LogP contribution in [0.25, 0.3) is 9.88 Å². The van der Waals surface area contributed by atoms with E-state index in [0.717, 1.165) is 47.2 Å². The number of hydrogen-bond donors (Lipinski definition) is 1. The van der Waals surface area contributed by atoms with Crippen LogP contribution in [0.5, 0.6) is 0 Å². The first-order chi connectivity index (χ1) is 14.9. The van der Waals surface area contributed by atoms with Crippen molar-refractivity contribution in [2.45, 2.75) is 37.1 Å². The largest absolute Gasteiger partial charge is 0.371 e. The molecule has 1 amide bonds. The summed E-state index contributed by atoms with van der Waals surface area (Å²) in [6.45, 7) is 3.30. The fraction of sp³-hybridized carbons (Fsp3) is 0.364. The van der Waals surface area contributed by atoms with E-state index in [1.807, 2.05) is 35.0 Å². The Kier molecular flexibility index (Phi) is 6.74. The second-order valence-corrected chi connectivity index (χ2v) is 11.6. The molecule has 0 saturated carbocycles. The highest BCUT2D eigenvalue weighted by Crippen LogP contribution is 2.28. The van der Waals surface area contributed by atoms with Gasteiger partial charge in [0.1, 0.15) is 5.01 Å². The molecule has 1 aliphatic heterocycles. The molecular weight excluding hydrogens is 450 g/mol. The molecule has 0 spiro atoms. The van der Waals surface area contributed by atoms with Gasteiger partial charge in [-0.1, -0.05) is 13.0 Å². The van der Waals surface area contributed by atoms with Crippen LogP contribution < -0.4 is 10.2 Å². The Morgan fingerprint density at radius 3 is 2.55 bits per heavy atom. The number of amides is 1. The summed E-state index contributed by atoms with van der Waals surface area (Å²) in [5, 5.41) is 8.09. The van der Waals surface area contributed by atoms with E-state index in [0.29, 0.717) is 11.3 Å². The molecular formula is C22H25N3O3S3. The van der Waals surface area contributed by atoms with E-state index in [-0.39, 0.29) is 17.7 Å². The SMILES string of the molecule is CCS(=O)(=O)c1ccc(N2CCC(NC(=O)Cc3csc(-c4cccs4)n3)CC2)cc1. The molecule has 164 valence electrons. The number of rotatable bonds is 7. The summed E-state index contributed by atoms with van der Waals surface area (Å²) in [7, 11) is -3.18. The number of nitrogens with zero attached hydrogens (tertiary/aromatic N) is 2. The molecule has 3 aromatic rings. The van der Waals surface area contributed by atoms with Crippen LogP contribution in [0.15, 0.2) is 52.1 Å². The Hall–Kier alpha value is -2.23. The predicted octanol–water partition coefficient (Wildman–Crippen LogP) is 3.99. The lowest BCUT2D eigenvalue weighted by Gasteiger charge is -2.34. The Bertz CT molecular complexity index is 1110. The van der Waals surface area contributed by atoms with Gasteiger partial charge in [-0.2, -0.15) is 0 Å². The lowest BCUT2D eigenvalue weighted by Crippen LogP contribution is -2.45. The van der Waals surface area contributed by atoms with Crippen molar-refractivity contribution >= 4 is 44.1 Å². The second-order valence-electron chi connectivity index (χ2n) is 7.52. The fourth-order valence-corrected chi connectivity index (χ4v) is 6.18. The van der Waals surface area contributed by atoms with Crippen LogP contribution in [0.1, 0.15) is 25.5 Å². The molecule has 1 fully saturated rings. The first kappa shape index (κ1) is 22.0. The van der Waals surface area contributed by atoms with Crippen molar-refractivity contribution < 1.29 is 13.2 Å². The number of carbonyl (C=O) groups is 1. The molecule has 3 heterocycles. The van der Waals surface area contributed by atoms with Gasteiger partial charge in [-0.3, -0.25) is 4.79 Å². The van der Waals surface area contributed by atoms with Crippen molar-refractivity contribution in [2.24, 2.45) is 0 Å². The van der Waals surface area contributed by atoms with Gasteiger partial charge in [0.15, 0.2) is 9.84 Å². The quantitative estimate of drug-likeness (QED) is 0.559. The molecule has 31 heavy (non-hydrogen) atoms. The van der Waals surface area contributed by atoms with Gasteiger partial charge in [0.25, 0.3) is 0 Å². The first-order valence-corrected chi connectivity index (χ1v) is 13.7. The third kappa shape index (κ3) is 5.34. The van der Waals surface area contributed by atoms with E-state index < -0.39 is 9.84 Å². The number of nitrogens with one attached hydrogen (secondary N) is 1. The molecule has 6 nitrogen and oxygen atoms in total. The van der Waals surface area contributed by atoms with Crippen LogP contribution in [0.3, 0.4) is 0 Å². The highest BCUT2D eigenvalue weighted by atomic mass is 32.2. The Morgan fingerprint density at radius 1 is 1.16 bits per heavy atom. The van der Waals surface area contributed by atoms with E-state index in [9.17, 15) is 13.2 Å². The van der Waals surface area contributed by atoms with E-state index in [2.05, 4.69) is 15.2 Å². The van der Waals surface area contributed by atoms with Crippen molar-refractivity contribution in [2.75, 3.05) is 23.7 Å². The van der Waals surface area contributed by atoms with Crippen LogP contribution in [-0.2, 0) is 21.1 Å². The van der Waals surface area contributed by atoms with Crippen molar-refractivity contribution in [1.29, 1.82) is 0 Å². The molecule has 0 atom stereocenters. The molecule has 2 aromatic heterocycles. The van der Waals surface area contributed by atoms with Gasteiger partial charge in [0.2, 0.25) is 5.91 Å². The number of aromatic nitrogens is 1. The maximum atomic E-state index is 12.5. The van der Waals surface area contributed by atoms with Crippen LogP contribution in [0.2, 0.25) is 0 Å². The summed E-state index contributed by atoms with van der Waals surface area (Å²) in [4.78, 5) is 20.8. The summed E-state index contributed by atoms with van der Waals surface area (Å²) < 4.78 is 23.9. The summed E-state index contributed by atoms with van der Waals surface area (Å²) >= 11 is 3.22. The number of benzene rings is 1. The monoisotopic (exact) mass is 475 g/mol. The van der Waals surface area contributed by atoms with Gasteiger partial charge in [0, 0.05) is 30.2 Å². The molecule has 1 aliphatic rings. The van der Waals surface area contributed by atoms with Crippen LogP contribution >= 0.6 is 22.7 Å². The number of piperidine rings is 1. The number of anilines is 1. The van der Waals surface area contributed by atoms with Crippen LogP contribution in [-0.4, -0.2) is 44.2 Å². The highest BCUT2D eigenvalue weighted by Gasteiger charge is 2.22. The maximum Gasteiger partial charge on any atom is 0.226 e. The molecule has 4 rings (SSSR count). The summed E-state index contributed by atoms with van der Waals surface area (Å²) in [5.74, 6) is 0.115. The van der Waals surface area contributed by atoms with Gasteiger partial charge >= 0.3 is 0 Å². The molecule has 9 heteroatoms. The molecule has 0 unspecified atom stereocenters. The molecule has 1 N–H and O–H groups in total. The number of thiophene rings is 1. The number of sulfone groups is 1. The maximum absolute atomic E-state index is 12.5. The minimum Gasteiger partial charge on any atom is -0.371 e. The number of carbonyl (C=O) groups excluding carboxylic acids is 1. The Morgan fingerprint density at radius 2 is 1.90 bits per heavy atom. The average Bonchev–Trinajstić information content (AvgIpc) is 3.46. The van der Waals surface area contributed by atoms with Gasteiger partial charge in [-0.05, 0) is 48.6 Å². The smallest absolute Gasteiger partial charge is 0.226 e. The molecule has 0 aliphatic carbocycles. The fourth-order valence-electron chi connectivity index (χ4n) is 3.66. The van der Waals surface area contributed by atoms with E-state index in [4.69, 9.17) is 0 Å². The molecule has 0 radical (unpaired) electrons. The van der Waals surface area contributed by atoms with Gasteiger partial charge in [0.05, 0.1) is 27.6 Å². The van der Waals surface area contributed by atoms with Crippen molar-refractivity contribution in [3.8, 4) is 9.88 Å². The highest BCUT2D eigenvalue weighted by molar-refractivity contribution is 7.91. The average molecular weight is 476 g/mol. The van der Waals surface area contributed by atoms with Crippen molar-refractivity contribution in [3.05, 3.63) is 52.9 Å². The van der Waals surface area contributed by atoms with E-state index in [1.54, 1.807) is 41.7 Å². The Labute approximate surface area is 190 Å². The lowest BCUT2D eigenvalue weighted by molar-refractivity contribution is -0.121. The summed E-state index contributed by atoms with van der Waals surface area (Å²) in [6.07, 6.45) is 2.02. The van der Waals surface area contributed by atoms with Gasteiger partial charge < -0.3 is 10.2 Å². The zero-order valence-corrected chi connectivity index (χ0v) is 19.7. The third-order valence-electron chi connectivity index (χ3n) is 5.43. The minimum absolute atomic E-state index is 0.00982. The van der Waals surface area contributed by atoms with Gasteiger partial charge in [-0.25, -0.2) is 13.4 Å². The second kappa shape index (κ2) is 9.50. The number of thiazole rings is 1. The normalized spacial score (nSPS) is 15.2. The predicted molar refractivity (Wildman–Crippen MR) is 127 cm³/mol. The lowest BCUT2D eigenvalue weighted by atomic mass is 10.0. The zero-order valence-electron chi connectivity index (χ0n) is 17.3. The van der Waals surface area contributed by atoms with Crippen molar-refractivity contribution in [1.82, 2.24) is 10.3 Å². The summed E-state index contributed by atoms with van der Waals surface area (Å²) in [5.41, 5.74) is 1.83.